The normalized spacial score (nSPS) is 13.6. The molecule has 1 atom stereocenters. The van der Waals surface area contributed by atoms with Gasteiger partial charge in [-0.05, 0) is 0 Å². The number of hydrogen-bond donors (Lipinski definition) is 5. The fraction of sp³-hybridized carbons (Fsp3) is 0.500. The van der Waals surface area contributed by atoms with Crippen molar-refractivity contribution in [3.8, 4) is 0 Å². The van der Waals surface area contributed by atoms with E-state index in [2.05, 4.69) is 14.5 Å². The number of nitrogens with zero attached hydrogens (tertiary/aromatic N) is 3. The SMILES string of the molecule is Cn1c[n+](CC(O)OCCOP(=O)(O)O)c2nc(N)[nH]c(=O)c21. The first-order valence-corrected chi connectivity index (χ1v) is 7.94. The summed E-state index contributed by atoms with van der Waals surface area (Å²) >= 11 is 0. The Morgan fingerprint density at radius 2 is 2.22 bits per heavy atom. The lowest BCUT2D eigenvalue weighted by Crippen LogP contribution is -2.41. The van der Waals surface area contributed by atoms with Crippen LogP contribution in [-0.2, 0) is 27.4 Å². The number of imidazole rings is 1. The summed E-state index contributed by atoms with van der Waals surface area (Å²) in [6, 6.07) is 0. The molecule has 1 unspecified atom stereocenters. The molecule has 0 aliphatic heterocycles. The molecule has 0 spiro atoms. The third-order valence-corrected chi connectivity index (χ3v) is 3.36. The number of fused-ring (bicyclic) bond motifs is 1. The number of ether oxygens (including phenoxy) is 1. The lowest BCUT2D eigenvalue weighted by atomic mass is 10.5. The predicted octanol–water partition coefficient (Wildman–Crippen LogP) is -2.42. The van der Waals surface area contributed by atoms with Gasteiger partial charge in [0.1, 0.15) is 6.54 Å². The van der Waals surface area contributed by atoms with Crippen LogP contribution >= 0.6 is 7.82 Å². The van der Waals surface area contributed by atoms with Gasteiger partial charge in [-0.15, -0.1) is 0 Å². The van der Waals surface area contributed by atoms with E-state index in [9.17, 15) is 14.5 Å². The number of aliphatic hydroxyl groups is 1. The average molecular weight is 350 g/mol. The van der Waals surface area contributed by atoms with Crippen molar-refractivity contribution in [2.45, 2.75) is 12.8 Å². The van der Waals surface area contributed by atoms with Crippen LogP contribution in [0.25, 0.3) is 11.2 Å². The molecule has 2 aromatic heterocycles. The molecule has 128 valence electrons. The van der Waals surface area contributed by atoms with E-state index >= 15 is 0 Å². The molecule has 12 nitrogen and oxygen atoms in total. The molecule has 6 N–H and O–H groups in total. The van der Waals surface area contributed by atoms with Crippen molar-refractivity contribution in [1.82, 2.24) is 14.5 Å². The molecule has 0 radical (unpaired) electrons. The Kier molecular flexibility index (Phi) is 5.14. The summed E-state index contributed by atoms with van der Waals surface area (Å²) in [5.74, 6) is -0.0621. The highest BCUT2D eigenvalue weighted by Crippen LogP contribution is 2.35. The van der Waals surface area contributed by atoms with Crippen molar-refractivity contribution >= 4 is 24.9 Å². The van der Waals surface area contributed by atoms with Crippen LogP contribution in [0.15, 0.2) is 11.1 Å². The molecule has 0 saturated carbocycles. The molecular formula is C10H17N5O7P+. The summed E-state index contributed by atoms with van der Waals surface area (Å²) < 4.78 is 22.6. The zero-order chi connectivity index (χ0) is 17.2. The van der Waals surface area contributed by atoms with E-state index in [0.717, 1.165) is 0 Å². The maximum Gasteiger partial charge on any atom is 0.469 e. The van der Waals surface area contributed by atoms with E-state index in [1.54, 1.807) is 7.05 Å². The predicted molar refractivity (Wildman–Crippen MR) is 75.9 cm³/mol. The van der Waals surface area contributed by atoms with E-state index in [1.807, 2.05) is 0 Å². The summed E-state index contributed by atoms with van der Waals surface area (Å²) in [5.41, 5.74) is 5.62. The minimum Gasteiger partial charge on any atom is -0.365 e. The highest BCUT2D eigenvalue weighted by Gasteiger charge is 2.21. The van der Waals surface area contributed by atoms with Crippen molar-refractivity contribution in [2.24, 2.45) is 7.05 Å². The molecule has 0 fully saturated rings. The van der Waals surface area contributed by atoms with Crippen molar-refractivity contribution in [2.75, 3.05) is 18.9 Å². The van der Waals surface area contributed by atoms with Gasteiger partial charge in [0.2, 0.25) is 5.52 Å². The van der Waals surface area contributed by atoms with Gasteiger partial charge in [-0.25, -0.2) is 9.13 Å². The average Bonchev–Trinajstić information content (AvgIpc) is 2.70. The van der Waals surface area contributed by atoms with Crippen LogP contribution in [0.4, 0.5) is 5.95 Å². The Morgan fingerprint density at radius 1 is 1.52 bits per heavy atom. The molecule has 13 heteroatoms. The number of aromatic nitrogens is 4. The second-order valence-electron chi connectivity index (χ2n) is 4.65. The summed E-state index contributed by atoms with van der Waals surface area (Å²) in [5, 5.41) is 9.79. The Labute approximate surface area is 129 Å². The maximum atomic E-state index is 11.8. The summed E-state index contributed by atoms with van der Waals surface area (Å²) in [4.78, 5) is 35.2. The molecule has 0 aliphatic rings. The van der Waals surface area contributed by atoms with E-state index in [-0.39, 0.29) is 36.9 Å². The third-order valence-electron chi connectivity index (χ3n) is 2.84. The number of hydrogen-bond acceptors (Lipinski definition) is 7. The van der Waals surface area contributed by atoms with Crippen molar-refractivity contribution in [1.29, 1.82) is 0 Å². The third kappa shape index (κ3) is 4.58. The molecule has 0 amide bonds. The minimum atomic E-state index is -4.56. The van der Waals surface area contributed by atoms with Crippen molar-refractivity contribution < 1.29 is 33.3 Å². The molecule has 0 aromatic carbocycles. The van der Waals surface area contributed by atoms with Crippen LogP contribution in [0.1, 0.15) is 0 Å². The van der Waals surface area contributed by atoms with Crippen LogP contribution in [0.2, 0.25) is 0 Å². The summed E-state index contributed by atoms with van der Waals surface area (Å²) in [6.45, 7) is -0.677. The maximum absolute atomic E-state index is 11.8. The fourth-order valence-corrected chi connectivity index (χ4v) is 2.32. The zero-order valence-electron chi connectivity index (χ0n) is 12.1. The number of nitrogens with two attached hydrogens (primary N) is 1. The van der Waals surface area contributed by atoms with Gasteiger partial charge in [0, 0.05) is 0 Å². The Hall–Kier alpha value is -1.82. The molecule has 0 saturated heterocycles. The second-order valence-corrected chi connectivity index (χ2v) is 5.89. The quantitative estimate of drug-likeness (QED) is 0.157. The van der Waals surface area contributed by atoms with Gasteiger partial charge < -0.3 is 25.4 Å². The molecule has 23 heavy (non-hydrogen) atoms. The number of aliphatic hydroxyl groups excluding tert-OH is 1. The van der Waals surface area contributed by atoms with Gasteiger partial charge >= 0.3 is 13.5 Å². The Balaban J connectivity index is 2.04. The first-order valence-electron chi connectivity index (χ1n) is 6.41. The van der Waals surface area contributed by atoms with Gasteiger partial charge in [0.05, 0.1) is 20.3 Å². The zero-order valence-corrected chi connectivity index (χ0v) is 13.0. The Bertz CT molecular complexity index is 797. The number of nitrogen functional groups attached to an aromatic ring is 1. The number of aromatic amines is 1. The van der Waals surface area contributed by atoms with Crippen molar-refractivity contribution in [3.63, 3.8) is 0 Å². The first kappa shape index (κ1) is 17.5. The summed E-state index contributed by atoms with van der Waals surface area (Å²) in [6.07, 6.45) is 0.235. The molecular weight excluding hydrogens is 333 g/mol. The van der Waals surface area contributed by atoms with Gasteiger partial charge in [0.15, 0.2) is 12.6 Å². The van der Waals surface area contributed by atoms with E-state index in [0.29, 0.717) is 0 Å². The topological polar surface area (TPSA) is 177 Å². The number of anilines is 1. The largest absolute Gasteiger partial charge is 0.469 e. The van der Waals surface area contributed by atoms with Gasteiger partial charge in [-0.1, -0.05) is 4.98 Å². The van der Waals surface area contributed by atoms with Crippen LogP contribution in [0.5, 0.6) is 0 Å². The van der Waals surface area contributed by atoms with Crippen LogP contribution < -0.4 is 15.9 Å². The van der Waals surface area contributed by atoms with Crippen LogP contribution in [0, 0.1) is 0 Å². The number of phosphoric acid groups is 1. The monoisotopic (exact) mass is 350 g/mol. The summed E-state index contributed by atoms with van der Waals surface area (Å²) in [7, 11) is -2.93. The number of nitrogens with one attached hydrogen (secondary N) is 1. The smallest absolute Gasteiger partial charge is 0.365 e. The molecule has 2 rings (SSSR count). The number of aryl methyl sites for hydroxylation is 1. The lowest BCUT2D eigenvalue weighted by Gasteiger charge is -2.11. The first-order chi connectivity index (χ1) is 10.7. The number of phosphoric ester groups is 1. The highest BCUT2D eigenvalue weighted by molar-refractivity contribution is 7.46. The van der Waals surface area contributed by atoms with E-state index < -0.39 is 19.7 Å². The van der Waals surface area contributed by atoms with Crippen LogP contribution in [0.3, 0.4) is 0 Å². The molecule has 0 bridgehead atoms. The highest BCUT2D eigenvalue weighted by atomic mass is 31.2. The Morgan fingerprint density at radius 3 is 2.87 bits per heavy atom. The molecule has 0 aliphatic carbocycles. The molecule has 2 heterocycles. The van der Waals surface area contributed by atoms with Gasteiger partial charge in [0.25, 0.3) is 11.5 Å². The number of rotatable bonds is 7. The van der Waals surface area contributed by atoms with Gasteiger partial charge in [-0.2, -0.15) is 0 Å². The fourth-order valence-electron chi connectivity index (χ4n) is 2.01. The van der Waals surface area contributed by atoms with Crippen LogP contribution in [-0.4, -0.2) is 48.9 Å². The van der Waals surface area contributed by atoms with Gasteiger partial charge in [-0.3, -0.25) is 18.9 Å². The lowest BCUT2D eigenvalue weighted by molar-refractivity contribution is -0.688. The standard InChI is InChI=1S/C10H16N5O7P/c1-14-5-15(8-7(14)9(17)13-10(11)12-8)4-6(16)21-2-3-22-23(18,19)20/h5-6,16H,2-4H2,1H3,(H4-,11,12,13,17,18,19,20)/p+1. The number of H-pyrrole nitrogens is 1. The second kappa shape index (κ2) is 6.74. The van der Waals surface area contributed by atoms with Crippen molar-refractivity contribution in [3.05, 3.63) is 16.7 Å². The van der Waals surface area contributed by atoms with E-state index in [4.69, 9.17) is 20.3 Å². The molecule has 2 aromatic rings. The van der Waals surface area contributed by atoms with E-state index in [1.165, 1.54) is 15.5 Å². The minimum absolute atomic E-state index is 0.0621.